The SMILES string of the molecule is Cn1ncc(Br)c1C(NN)C(C)(C)N1CCCC1. The smallest absolute Gasteiger partial charge is 0.0818 e. The average Bonchev–Trinajstić information content (AvgIpc) is 2.94. The summed E-state index contributed by atoms with van der Waals surface area (Å²) in [6.45, 7) is 6.76. The van der Waals surface area contributed by atoms with E-state index in [1.165, 1.54) is 12.8 Å². The summed E-state index contributed by atoms with van der Waals surface area (Å²) in [4.78, 5) is 2.50. The first-order valence-electron chi connectivity index (χ1n) is 6.37. The molecule has 1 fully saturated rings. The van der Waals surface area contributed by atoms with Crippen LogP contribution in [0.25, 0.3) is 0 Å². The Bertz CT molecular complexity index is 389. The topological polar surface area (TPSA) is 59.1 Å². The van der Waals surface area contributed by atoms with Crippen LogP contribution in [0.1, 0.15) is 38.4 Å². The molecule has 0 aromatic carbocycles. The molecule has 1 aromatic rings. The lowest BCUT2D eigenvalue weighted by molar-refractivity contribution is 0.103. The highest BCUT2D eigenvalue weighted by Crippen LogP contribution is 2.35. The molecule has 1 aromatic heterocycles. The number of likely N-dealkylation sites (tertiary alicyclic amines) is 1. The van der Waals surface area contributed by atoms with Crippen molar-refractivity contribution in [2.75, 3.05) is 13.1 Å². The van der Waals surface area contributed by atoms with Crippen LogP contribution in [0.2, 0.25) is 0 Å². The van der Waals surface area contributed by atoms with Crippen molar-refractivity contribution in [1.29, 1.82) is 0 Å². The van der Waals surface area contributed by atoms with Crippen molar-refractivity contribution in [3.8, 4) is 0 Å². The zero-order valence-electron chi connectivity index (χ0n) is 11.3. The molecule has 6 heteroatoms. The van der Waals surface area contributed by atoms with Crippen LogP contribution in [-0.4, -0.2) is 33.3 Å². The van der Waals surface area contributed by atoms with E-state index >= 15 is 0 Å². The molecule has 0 amide bonds. The number of hydrogen-bond acceptors (Lipinski definition) is 4. The summed E-state index contributed by atoms with van der Waals surface area (Å²) in [5, 5.41) is 4.28. The fourth-order valence-corrected chi connectivity index (χ4v) is 3.42. The molecule has 1 saturated heterocycles. The van der Waals surface area contributed by atoms with Gasteiger partial charge in [0, 0.05) is 12.6 Å². The maximum Gasteiger partial charge on any atom is 0.0818 e. The minimum absolute atomic E-state index is 0.0393. The molecule has 5 nitrogen and oxygen atoms in total. The molecule has 1 unspecified atom stereocenters. The molecule has 18 heavy (non-hydrogen) atoms. The number of nitrogens with one attached hydrogen (secondary N) is 1. The lowest BCUT2D eigenvalue weighted by atomic mass is 9.90. The van der Waals surface area contributed by atoms with Gasteiger partial charge in [0.15, 0.2) is 0 Å². The van der Waals surface area contributed by atoms with E-state index in [1.807, 2.05) is 17.9 Å². The van der Waals surface area contributed by atoms with E-state index in [2.05, 4.69) is 45.2 Å². The standard InChI is InChI=1S/C12H22BrN5/c1-12(2,18-6-4-5-7-18)11(16-14)10-9(13)8-15-17(10)3/h8,11,16H,4-7,14H2,1-3H3. The molecular formula is C12H22BrN5. The van der Waals surface area contributed by atoms with Gasteiger partial charge in [0.05, 0.1) is 22.4 Å². The Morgan fingerprint density at radius 1 is 1.44 bits per heavy atom. The summed E-state index contributed by atoms with van der Waals surface area (Å²) in [5.41, 5.74) is 4.02. The number of aryl methyl sites for hydroxylation is 1. The highest BCUT2D eigenvalue weighted by atomic mass is 79.9. The van der Waals surface area contributed by atoms with E-state index in [0.29, 0.717) is 0 Å². The lowest BCUT2D eigenvalue weighted by Gasteiger charge is -2.41. The average molecular weight is 316 g/mol. The summed E-state index contributed by atoms with van der Waals surface area (Å²) in [7, 11) is 1.95. The van der Waals surface area contributed by atoms with Crippen LogP contribution < -0.4 is 11.3 Å². The lowest BCUT2D eigenvalue weighted by Crippen LogP contribution is -2.53. The molecule has 2 rings (SSSR count). The van der Waals surface area contributed by atoms with Gasteiger partial charge in [-0.1, -0.05) is 0 Å². The fourth-order valence-electron chi connectivity index (χ4n) is 2.84. The predicted molar refractivity (Wildman–Crippen MR) is 75.9 cm³/mol. The van der Waals surface area contributed by atoms with Crippen molar-refractivity contribution >= 4 is 15.9 Å². The van der Waals surface area contributed by atoms with Crippen molar-refractivity contribution in [1.82, 2.24) is 20.1 Å². The number of nitrogens with two attached hydrogens (primary N) is 1. The normalized spacial score (nSPS) is 19.4. The van der Waals surface area contributed by atoms with Gasteiger partial charge in [0.2, 0.25) is 0 Å². The predicted octanol–water partition coefficient (Wildman–Crippen LogP) is 1.56. The minimum Gasteiger partial charge on any atom is -0.296 e. The quantitative estimate of drug-likeness (QED) is 0.654. The highest BCUT2D eigenvalue weighted by molar-refractivity contribution is 9.10. The number of nitrogens with zero attached hydrogens (tertiary/aromatic N) is 3. The minimum atomic E-state index is -0.0401. The second-order valence-electron chi connectivity index (χ2n) is 5.45. The second kappa shape index (κ2) is 5.28. The zero-order chi connectivity index (χ0) is 13.3. The Hall–Kier alpha value is -0.430. The van der Waals surface area contributed by atoms with Gasteiger partial charge in [-0.05, 0) is 55.7 Å². The van der Waals surface area contributed by atoms with Gasteiger partial charge < -0.3 is 0 Å². The molecule has 1 atom stereocenters. The van der Waals surface area contributed by atoms with Gasteiger partial charge in [-0.2, -0.15) is 5.10 Å². The molecule has 102 valence electrons. The highest BCUT2D eigenvalue weighted by Gasteiger charge is 2.39. The summed E-state index contributed by atoms with van der Waals surface area (Å²) in [5.74, 6) is 5.82. The molecule has 1 aliphatic heterocycles. The van der Waals surface area contributed by atoms with Gasteiger partial charge in [0.25, 0.3) is 0 Å². The summed E-state index contributed by atoms with van der Waals surface area (Å²) in [6, 6.07) is 0.0393. The van der Waals surface area contributed by atoms with E-state index in [4.69, 9.17) is 5.84 Å². The number of hydrogen-bond donors (Lipinski definition) is 2. The van der Waals surface area contributed by atoms with E-state index in [1.54, 1.807) is 0 Å². The monoisotopic (exact) mass is 315 g/mol. The summed E-state index contributed by atoms with van der Waals surface area (Å²) >= 11 is 3.56. The van der Waals surface area contributed by atoms with Crippen molar-refractivity contribution in [3.05, 3.63) is 16.4 Å². The Kier molecular flexibility index (Phi) is 4.11. The maximum absolute atomic E-state index is 5.82. The van der Waals surface area contributed by atoms with Gasteiger partial charge in [-0.25, -0.2) is 5.43 Å². The van der Waals surface area contributed by atoms with Gasteiger partial charge >= 0.3 is 0 Å². The van der Waals surface area contributed by atoms with Crippen LogP contribution in [0.3, 0.4) is 0 Å². The number of aromatic nitrogens is 2. The molecule has 3 N–H and O–H groups in total. The van der Waals surface area contributed by atoms with E-state index in [0.717, 1.165) is 23.3 Å². The van der Waals surface area contributed by atoms with Crippen LogP contribution in [0.4, 0.5) is 0 Å². The van der Waals surface area contributed by atoms with Crippen LogP contribution in [0, 0.1) is 0 Å². The van der Waals surface area contributed by atoms with E-state index in [-0.39, 0.29) is 11.6 Å². The van der Waals surface area contributed by atoms with Crippen LogP contribution in [-0.2, 0) is 7.05 Å². The van der Waals surface area contributed by atoms with Gasteiger partial charge in [-0.15, -0.1) is 0 Å². The Labute approximate surface area is 117 Å². The van der Waals surface area contributed by atoms with Gasteiger partial charge in [0.1, 0.15) is 0 Å². The molecule has 2 heterocycles. The van der Waals surface area contributed by atoms with Crippen molar-refractivity contribution in [2.45, 2.75) is 38.3 Å². The van der Waals surface area contributed by atoms with E-state index in [9.17, 15) is 0 Å². The number of halogens is 1. The first-order valence-corrected chi connectivity index (χ1v) is 7.16. The number of rotatable bonds is 4. The summed E-state index contributed by atoms with van der Waals surface area (Å²) < 4.78 is 2.88. The van der Waals surface area contributed by atoms with Crippen LogP contribution >= 0.6 is 15.9 Å². The third-order valence-corrected chi connectivity index (χ3v) is 4.62. The maximum atomic E-state index is 5.82. The zero-order valence-corrected chi connectivity index (χ0v) is 12.9. The number of hydrazine groups is 1. The largest absolute Gasteiger partial charge is 0.296 e. The molecular weight excluding hydrogens is 294 g/mol. The molecule has 0 aliphatic carbocycles. The van der Waals surface area contributed by atoms with Crippen LogP contribution in [0.5, 0.6) is 0 Å². The molecule has 0 radical (unpaired) electrons. The third-order valence-electron chi connectivity index (χ3n) is 4.01. The van der Waals surface area contributed by atoms with Gasteiger partial charge in [-0.3, -0.25) is 15.4 Å². The molecule has 0 saturated carbocycles. The first kappa shape index (κ1) is 14.0. The van der Waals surface area contributed by atoms with Crippen molar-refractivity contribution in [2.24, 2.45) is 12.9 Å². The molecule has 0 bridgehead atoms. The van der Waals surface area contributed by atoms with E-state index < -0.39 is 0 Å². The fraction of sp³-hybridized carbons (Fsp3) is 0.750. The molecule has 0 spiro atoms. The van der Waals surface area contributed by atoms with Crippen LogP contribution in [0.15, 0.2) is 10.7 Å². The Morgan fingerprint density at radius 2 is 2.06 bits per heavy atom. The van der Waals surface area contributed by atoms with Crippen molar-refractivity contribution in [3.63, 3.8) is 0 Å². The summed E-state index contributed by atoms with van der Waals surface area (Å²) in [6.07, 6.45) is 4.36. The Balaban J connectivity index is 2.32. The third kappa shape index (κ3) is 2.34. The first-order chi connectivity index (χ1) is 8.48. The Morgan fingerprint density at radius 3 is 2.50 bits per heavy atom. The van der Waals surface area contributed by atoms with Crippen molar-refractivity contribution < 1.29 is 0 Å². The second-order valence-corrected chi connectivity index (χ2v) is 6.30. The molecule has 1 aliphatic rings.